The Morgan fingerprint density at radius 3 is 2.11 bits per heavy atom. The molecule has 1 aliphatic carbocycles. The van der Waals surface area contributed by atoms with E-state index < -0.39 is 0 Å². The Balaban J connectivity index is 2.78. The van der Waals surface area contributed by atoms with E-state index in [1.807, 2.05) is 20.8 Å². The van der Waals surface area contributed by atoms with Crippen molar-refractivity contribution < 1.29 is 9.78 Å². The van der Waals surface area contributed by atoms with Crippen LogP contribution >= 0.6 is 0 Å². The standard InChI is InChI=1S/C16H28O2/c1-12(2)14-8-10-16(11-9-14,13(3)4)18-17-15(5,6)7/h8-10,12-13H,11H2,1-7H3. The smallest absolute Gasteiger partial charge is 0.128 e. The van der Waals surface area contributed by atoms with Crippen LogP contribution in [-0.2, 0) is 9.78 Å². The molecule has 18 heavy (non-hydrogen) atoms. The molecule has 0 aromatic rings. The van der Waals surface area contributed by atoms with E-state index in [2.05, 4.69) is 45.9 Å². The highest BCUT2D eigenvalue weighted by Crippen LogP contribution is 2.35. The summed E-state index contributed by atoms with van der Waals surface area (Å²) >= 11 is 0. The summed E-state index contributed by atoms with van der Waals surface area (Å²) in [6.07, 6.45) is 7.50. The third-order valence-electron chi connectivity index (χ3n) is 3.31. The summed E-state index contributed by atoms with van der Waals surface area (Å²) in [5.41, 5.74) is 0.773. The van der Waals surface area contributed by atoms with Gasteiger partial charge in [-0.3, -0.25) is 0 Å². The Labute approximate surface area is 112 Å². The molecule has 0 N–H and O–H groups in total. The Morgan fingerprint density at radius 1 is 1.17 bits per heavy atom. The molecule has 0 saturated carbocycles. The molecule has 0 bridgehead atoms. The van der Waals surface area contributed by atoms with Crippen molar-refractivity contribution in [1.82, 2.24) is 0 Å². The second-order valence-corrected chi connectivity index (χ2v) is 6.78. The predicted octanol–water partition coefficient (Wildman–Crippen LogP) is 4.67. The Morgan fingerprint density at radius 2 is 1.78 bits per heavy atom. The highest BCUT2D eigenvalue weighted by Gasteiger charge is 2.36. The summed E-state index contributed by atoms with van der Waals surface area (Å²) in [5.74, 6) is 0.941. The first kappa shape index (κ1) is 15.5. The van der Waals surface area contributed by atoms with Crippen LogP contribution in [0, 0.1) is 11.8 Å². The summed E-state index contributed by atoms with van der Waals surface area (Å²) in [6, 6.07) is 0. The van der Waals surface area contributed by atoms with Crippen molar-refractivity contribution in [1.29, 1.82) is 0 Å². The molecule has 2 nitrogen and oxygen atoms in total. The minimum atomic E-state index is -0.328. The van der Waals surface area contributed by atoms with Crippen molar-refractivity contribution in [2.75, 3.05) is 0 Å². The lowest BCUT2D eigenvalue weighted by Gasteiger charge is -2.37. The third kappa shape index (κ3) is 3.96. The molecule has 0 amide bonds. The van der Waals surface area contributed by atoms with Crippen LogP contribution in [0.4, 0.5) is 0 Å². The Bertz CT molecular complexity index is 331. The molecule has 104 valence electrons. The summed E-state index contributed by atoms with van der Waals surface area (Å²) in [7, 11) is 0. The zero-order chi connectivity index (χ0) is 14.0. The summed E-state index contributed by atoms with van der Waals surface area (Å²) in [5, 5.41) is 0. The zero-order valence-electron chi connectivity index (χ0n) is 12.9. The van der Waals surface area contributed by atoms with Gasteiger partial charge in [0.05, 0.1) is 5.60 Å². The van der Waals surface area contributed by atoms with Crippen LogP contribution in [0.1, 0.15) is 54.9 Å². The van der Waals surface area contributed by atoms with Crippen molar-refractivity contribution >= 4 is 0 Å². The summed E-state index contributed by atoms with van der Waals surface area (Å²) in [6.45, 7) is 14.8. The minimum Gasteiger partial charge on any atom is -0.230 e. The van der Waals surface area contributed by atoms with Crippen LogP contribution < -0.4 is 0 Å². The first-order chi connectivity index (χ1) is 8.16. The van der Waals surface area contributed by atoms with Crippen molar-refractivity contribution in [2.45, 2.75) is 66.1 Å². The van der Waals surface area contributed by atoms with E-state index in [1.54, 1.807) is 0 Å². The van der Waals surface area contributed by atoms with E-state index in [0.717, 1.165) is 6.42 Å². The lowest BCUT2D eigenvalue weighted by Crippen LogP contribution is -2.40. The van der Waals surface area contributed by atoms with Gasteiger partial charge in [0.1, 0.15) is 5.60 Å². The number of rotatable bonds is 4. The average molecular weight is 252 g/mol. The second-order valence-electron chi connectivity index (χ2n) is 6.78. The summed E-state index contributed by atoms with van der Waals surface area (Å²) in [4.78, 5) is 11.3. The lowest BCUT2D eigenvalue weighted by molar-refractivity contribution is -0.400. The van der Waals surface area contributed by atoms with Crippen molar-refractivity contribution in [3.8, 4) is 0 Å². The van der Waals surface area contributed by atoms with Gasteiger partial charge in [-0.15, -0.1) is 0 Å². The van der Waals surface area contributed by atoms with Gasteiger partial charge in [-0.1, -0.05) is 39.8 Å². The van der Waals surface area contributed by atoms with Gasteiger partial charge >= 0.3 is 0 Å². The molecule has 1 unspecified atom stereocenters. The fourth-order valence-electron chi connectivity index (χ4n) is 1.87. The van der Waals surface area contributed by atoms with E-state index in [1.165, 1.54) is 5.57 Å². The van der Waals surface area contributed by atoms with Crippen LogP contribution in [-0.4, -0.2) is 11.2 Å². The van der Waals surface area contributed by atoms with Crippen LogP contribution in [0.5, 0.6) is 0 Å². The molecule has 0 heterocycles. The SMILES string of the molecule is CC(C)C1=CCC(OOC(C)(C)C)(C(C)C)C=C1. The maximum Gasteiger partial charge on any atom is 0.128 e. The highest BCUT2D eigenvalue weighted by atomic mass is 17.2. The van der Waals surface area contributed by atoms with Gasteiger partial charge in [-0.2, -0.15) is 0 Å². The number of hydrogen-bond donors (Lipinski definition) is 0. The minimum absolute atomic E-state index is 0.280. The highest BCUT2D eigenvalue weighted by molar-refractivity contribution is 5.29. The Hall–Kier alpha value is -0.600. The molecule has 1 aliphatic rings. The maximum absolute atomic E-state index is 5.79. The normalized spacial score (nSPS) is 24.8. The van der Waals surface area contributed by atoms with Crippen molar-refractivity contribution in [3.63, 3.8) is 0 Å². The molecule has 0 fully saturated rings. The first-order valence-corrected chi connectivity index (χ1v) is 6.92. The van der Waals surface area contributed by atoms with Crippen molar-refractivity contribution in [2.24, 2.45) is 11.8 Å². The van der Waals surface area contributed by atoms with Crippen LogP contribution in [0.2, 0.25) is 0 Å². The van der Waals surface area contributed by atoms with E-state index in [9.17, 15) is 0 Å². The van der Waals surface area contributed by atoms with E-state index >= 15 is 0 Å². The van der Waals surface area contributed by atoms with E-state index in [0.29, 0.717) is 11.8 Å². The molecular weight excluding hydrogens is 224 g/mol. The molecule has 0 spiro atoms. The molecule has 0 aromatic carbocycles. The van der Waals surface area contributed by atoms with Crippen LogP contribution in [0.25, 0.3) is 0 Å². The average Bonchev–Trinajstić information content (AvgIpc) is 2.25. The molecule has 0 aromatic heterocycles. The predicted molar refractivity (Wildman–Crippen MR) is 76.2 cm³/mol. The quantitative estimate of drug-likeness (QED) is 0.534. The van der Waals surface area contributed by atoms with Crippen molar-refractivity contribution in [3.05, 3.63) is 23.8 Å². The van der Waals surface area contributed by atoms with Gasteiger partial charge in [-0.05, 0) is 44.3 Å². The van der Waals surface area contributed by atoms with Gasteiger partial charge < -0.3 is 0 Å². The van der Waals surface area contributed by atoms with Gasteiger partial charge in [-0.25, -0.2) is 9.78 Å². The topological polar surface area (TPSA) is 18.5 Å². The number of allylic oxidation sites excluding steroid dienone is 2. The van der Waals surface area contributed by atoms with Crippen LogP contribution in [0.3, 0.4) is 0 Å². The van der Waals surface area contributed by atoms with Crippen LogP contribution in [0.15, 0.2) is 23.8 Å². The molecule has 0 saturated heterocycles. The molecule has 0 radical (unpaired) electrons. The van der Waals surface area contributed by atoms with Gasteiger partial charge in [0, 0.05) is 6.42 Å². The third-order valence-corrected chi connectivity index (χ3v) is 3.31. The molecule has 0 aliphatic heterocycles. The monoisotopic (exact) mass is 252 g/mol. The fourth-order valence-corrected chi connectivity index (χ4v) is 1.87. The largest absolute Gasteiger partial charge is 0.230 e. The fraction of sp³-hybridized carbons (Fsp3) is 0.750. The molecule has 1 rings (SSSR count). The van der Waals surface area contributed by atoms with Gasteiger partial charge in [0.25, 0.3) is 0 Å². The van der Waals surface area contributed by atoms with Gasteiger partial charge in [0.15, 0.2) is 0 Å². The van der Waals surface area contributed by atoms with E-state index in [-0.39, 0.29) is 11.2 Å². The molecule has 2 heteroatoms. The molecular formula is C16H28O2. The zero-order valence-corrected chi connectivity index (χ0v) is 12.9. The molecule has 1 atom stereocenters. The van der Waals surface area contributed by atoms with Gasteiger partial charge in [0.2, 0.25) is 0 Å². The second kappa shape index (κ2) is 5.58. The maximum atomic E-state index is 5.79. The summed E-state index contributed by atoms with van der Waals surface area (Å²) < 4.78 is 0. The first-order valence-electron chi connectivity index (χ1n) is 6.92. The lowest BCUT2D eigenvalue weighted by atomic mass is 9.81. The number of hydrogen-bond acceptors (Lipinski definition) is 2. The van der Waals surface area contributed by atoms with E-state index in [4.69, 9.17) is 9.78 Å². The Kier molecular flexibility index (Phi) is 4.79.